The molecule has 1 heterocycles. The van der Waals surface area contributed by atoms with E-state index in [0.717, 1.165) is 10.0 Å². The van der Waals surface area contributed by atoms with Gasteiger partial charge in [0.05, 0.1) is 18.4 Å². The Morgan fingerprint density at radius 2 is 1.88 bits per heavy atom. The minimum absolute atomic E-state index is 0.118. The first-order chi connectivity index (χ1) is 8.09. The molecular formula is C12H11BrN2O2. The fourth-order valence-corrected chi connectivity index (χ4v) is 2.86. The molecule has 2 fully saturated rings. The highest BCUT2D eigenvalue weighted by Gasteiger charge is 2.65. The number of imide groups is 1. The molecule has 1 saturated heterocycles. The number of piperidine rings is 1. The molecule has 17 heavy (non-hydrogen) atoms. The Bertz CT molecular complexity index is 495. The predicted molar refractivity (Wildman–Crippen MR) is 64.7 cm³/mol. The number of carbonyl (C=O) groups excluding carboxylic acids is 2. The van der Waals surface area contributed by atoms with E-state index in [-0.39, 0.29) is 29.7 Å². The highest BCUT2D eigenvalue weighted by molar-refractivity contribution is 9.10. The summed E-state index contributed by atoms with van der Waals surface area (Å²) in [6, 6.07) is 7.36. The van der Waals surface area contributed by atoms with Crippen LogP contribution in [0.1, 0.15) is 5.56 Å². The number of hydrogen-bond donors (Lipinski definition) is 1. The predicted octanol–water partition coefficient (Wildman–Crippen LogP) is 0.891. The first-order valence-electron chi connectivity index (χ1n) is 5.45. The number of hydrogen-bond acceptors (Lipinski definition) is 3. The maximum Gasteiger partial charge on any atom is 0.235 e. The van der Waals surface area contributed by atoms with Gasteiger partial charge in [-0.15, -0.1) is 0 Å². The number of carbonyl (C=O) groups is 2. The minimum Gasteiger partial charge on any atom is -0.326 e. The topological polar surface area (TPSA) is 63.4 Å². The Balaban J connectivity index is 1.79. The lowest BCUT2D eigenvalue weighted by Gasteiger charge is -2.17. The van der Waals surface area contributed by atoms with E-state index >= 15 is 0 Å². The van der Waals surface area contributed by atoms with Crippen LogP contribution in [0.15, 0.2) is 28.7 Å². The number of amides is 2. The number of rotatable bonds is 2. The van der Waals surface area contributed by atoms with Crippen molar-refractivity contribution in [3.63, 3.8) is 0 Å². The second-order valence-electron chi connectivity index (χ2n) is 4.52. The van der Waals surface area contributed by atoms with Crippen LogP contribution in [-0.2, 0) is 16.1 Å². The van der Waals surface area contributed by atoms with Gasteiger partial charge in [0.1, 0.15) is 0 Å². The van der Waals surface area contributed by atoms with Crippen LogP contribution in [0.25, 0.3) is 0 Å². The largest absolute Gasteiger partial charge is 0.326 e. The number of nitrogens with two attached hydrogens (primary N) is 1. The SMILES string of the molecule is NC1C2C(=O)N(Cc3cccc(Br)c3)C(=O)C12. The van der Waals surface area contributed by atoms with Crippen LogP contribution >= 0.6 is 15.9 Å². The molecule has 0 bridgehead atoms. The van der Waals surface area contributed by atoms with E-state index < -0.39 is 0 Å². The van der Waals surface area contributed by atoms with E-state index in [1.54, 1.807) is 0 Å². The van der Waals surface area contributed by atoms with Crippen molar-refractivity contribution in [2.75, 3.05) is 0 Å². The number of nitrogens with zero attached hydrogens (tertiary/aromatic N) is 1. The molecular weight excluding hydrogens is 284 g/mol. The Kier molecular flexibility index (Phi) is 2.34. The Morgan fingerprint density at radius 1 is 1.24 bits per heavy atom. The summed E-state index contributed by atoms with van der Waals surface area (Å²) in [5.74, 6) is -0.746. The van der Waals surface area contributed by atoms with Crippen molar-refractivity contribution in [3.8, 4) is 0 Å². The van der Waals surface area contributed by atoms with Gasteiger partial charge in [-0.25, -0.2) is 0 Å². The summed E-state index contributed by atoms with van der Waals surface area (Å²) in [5.41, 5.74) is 6.60. The van der Waals surface area contributed by atoms with Gasteiger partial charge in [0.15, 0.2) is 0 Å². The molecule has 1 aliphatic heterocycles. The lowest BCUT2D eigenvalue weighted by Crippen LogP contribution is -2.36. The van der Waals surface area contributed by atoms with Crippen molar-refractivity contribution in [1.82, 2.24) is 4.90 Å². The average Bonchev–Trinajstić information content (AvgIpc) is 2.88. The van der Waals surface area contributed by atoms with Gasteiger partial charge in [-0.05, 0) is 17.7 Å². The van der Waals surface area contributed by atoms with Crippen LogP contribution in [0.4, 0.5) is 0 Å². The monoisotopic (exact) mass is 294 g/mol. The van der Waals surface area contributed by atoms with Crippen molar-refractivity contribution in [2.24, 2.45) is 17.6 Å². The summed E-state index contributed by atoms with van der Waals surface area (Å²) >= 11 is 3.36. The average molecular weight is 295 g/mol. The van der Waals surface area contributed by atoms with E-state index in [4.69, 9.17) is 5.73 Å². The van der Waals surface area contributed by atoms with Crippen molar-refractivity contribution in [1.29, 1.82) is 0 Å². The molecule has 3 rings (SSSR count). The van der Waals surface area contributed by atoms with E-state index in [0.29, 0.717) is 6.54 Å². The van der Waals surface area contributed by atoms with Crippen LogP contribution in [0, 0.1) is 11.8 Å². The number of likely N-dealkylation sites (tertiary alicyclic amines) is 1. The molecule has 1 saturated carbocycles. The summed E-state index contributed by atoms with van der Waals surface area (Å²) < 4.78 is 0.941. The van der Waals surface area contributed by atoms with Gasteiger partial charge >= 0.3 is 0 Å². The fourth-order valence-electron chi connectivity index (χ4n) is 2.41. The van der Waals surface area contributed by atoms with Gasteiger partial charge in [0, 0.05) is 10.5 Å². The normalized spacial score (nSPS) is 30.7. The van der Waals surface area contributed by atoms with Crippen molar-refractivity contribution < 1.29 is 9.59 Å². The summed E-state index contributed by atoms with van der Waals surface area (Å²) in [7, 11) is 0. The zero-order valence-corrected chi connectivity index (χ0v) is 10.6. The molecule has 1 aromatic carbocycles. The third-order valence-electron chi connectivity index (χ3n) is 3.41. The second-order valence-corrected chi connectivity index (χ2v) is 5.44. The third-order valence-corrected chi connectivity index (χ3v) is 3.90. The molecule has 1 aromatic rings. The smallest absolute Gasteiger partial charge is 0.235 e. The molecule has 2 unspecified atom stereocenters. The van der Waals surface area contributed by atoms with Gasteiger partial charge in [0.25, 0.3) is 0 Å². The first-order valence-corrected chi connectivity index (χ1v) is 6.24. The van der Waals surface area contributed by atoms with Crippen LogP contribution in [0.3, 0.4) is 0 Å². The summed E-state index contributed by atoms with van der Waals surface area (Å²) in [6.45, 7) is 0.344. The van der Waals surface area contributed by atoms with Crippen molar-refractivity contribution in [2.45, 2.75) is 12.6 Å². The minimum atomic E-state index is -0.255. The lowest BCUT2D eigenvalue weighted by molar-refractivity contribution is -0.142. The first kappa shape index (κ1) is 10.9. The molecule has 1 aliphatic carbocycles. The Morgan fingerprint density at radius 3 is 2.47 bits per heavy atom. The molecule has 5 heteroatoms. The van der Waals surface area contributed by atoms with Crippen LogP contribution in [0.5, 0.6) is 0 Å². The second kappa shape index (κ2) is 3.65. The third kappa shape index (κ3) is 1.61. The molecule has 2 atom stereocenters. The highest BCUT2D eigenvalue weighted by atomic mass is 79.9. The van der Waals surface area contributed by atoms with Gasteiger partial charge in [-0.1, -0.05) is 28.1 Å². The van der Waals surface area contributed by atoms with Crippen LogP contribution in [0.2, 0.25) is 0 Å². The Hall–Kier alpha value is -1.20. The maximum absolute atomic E-state index is 11.9. The quantitative estimate of drug-likeness (QED) is 0.824. The zero-order valence-electron chi connectivity index (χ0n) is 8.97. The Labute approximate surface area is 107 Å². The zero-order chi connectivity index (χ0) is 12.2. The van der Waals surface area contributed by atoms with Gasteiger partial charge in [0.2, 0.25) is 11.8 Å². The summed E-state index contributed by atoms with van der Waals surface area (Å²) in [4.78, 5) is 25.1. The molecule has 0 spiro atoms. The van der Waals surface area contributed by atoms with E-state index in [9.17, 15) is 9.59 Å². The number of benzene rings is 1. The fraction of sp³-hybridized carbons (Fsp3) is 0.333. The maximum atomic E-state index is 11.9. The van der Waals surface area contributed by atoms with E-state index in [2.05, 4.69) is 15.9 Å². The lowest BCUT2D eigenvalue weighted by atomic mass is 10.2. The molecule has 0 aromatic heterocycles. The van der Waals surface area contributed by atoms with Gasteiger partial charge in [-0.2, -0.15) is 0 Å². The highest BCUT2D eigenvalue weighted by Crippen LogP contribution is 2.46. The summed E-state index contributed by atoms with van der Waals surface area (Å²) in [6.07, 6.45) is 0. The van der Waals surface area contributed by atoms with Gasteiger partial charge in [-0.3, -0.25) is 14.5 Å². The molecule has 4 nitrogen and oxygen atoms in total. The van der Waals surface area contributed by atoms with Crippen molar-refractivity contribution in [3.05, 3.63) is 34.3 Å². The molecule has 2 amide bonds. The van der Waals surface area contributed by atoms with E-state index in [1.807, 2.05) is 24.3 Å². The number of fused-ring (bicyclic) bond motifs is 1. The number of halogens is 1. The van der Waals surface area contributed by atoms with Crippen LogP contribution in [-0.4, -0.2) is 22.8 Å². The molecule has 2 aliphatic rings. The molecule has 88 valence electrons. The molecule has 0 radical (unpaired) electrons. The summed E-state index contributed by atoms with van der Waals surface area (Å²) in [5, 5.41) is 0. The standard InChI is InChI=1S/C12H11BrN2O2/c13-7-3-1-2-6(4-7)5-15-11(16)8-9(10(8)14)12(15)17/h1-4,8-10H,5,14H2. The van der Waals surface area contributed by atoms with Crippen molar-refractivity contribution >= 4 is 27.7 Å². The van der Waals surface area contributed by atoms with Gasteiger partial charge < -0.3 is 5.73 Å². The van der Waals surface area contributed by atoms with E-state index in [1.165, 1.54) is 4.90 Å². The van der Waals surface area contributed by atoms with Crippen LogP contribution < -0.4 is 5.73 Å². The molecule has 2 N–H and O–H groups in total.